The Morgan fingerprint density at radius 3 is 1.46 bits per heavy atom. The van der Waals surface area contributed by atoms with Crippen LogP contribution in [0.1, 0.15) is 83.3 Å². The van der Waals surface area contributed by atoms with Crippen LogP contribution in [0.5, 0.6) is 11.5 Å². The molecule has 6 aromatic rings. The predicted octanol–water partition coefficient (Wildman–Crippen LogP) is 8.47. The summed E-state index contributed by atoms with van der Waals surface area (Å²) in [6.45, 7) is 17.4. The lowest BCUT2D eigenvalue weighted by Gasteiger charge is -2.44. The van der Waals surface area contributed by atoms with E-state index in [4.69, 9.17) is 24.7 Å². The minimum absolute atomic E-state index is 0.00564. The van der Waals surface area contributed by atoms with E-state index in [9.17, 15) is 20.4 Å². The number of ether oxygens (including phenoxy) is 4. The molecule has 444 valence electrons. The van der Waals surface area contributed by atoms with Crippen LogP contribution in [-0.4, -0.2) is 177 Å². The van der Waals surface area contributed by atoms with Gasteiger partial charge in [0.25, 0.3) is 0 Å². The Balaban J connectivity index is 0.000000179. The molecular weight excluding hydrogens is 1080 g/mol. The monoisotopic (exact) mass is 1150 g/mol. The summed E-state index contributed by atoms with van der Waals surface area (Å²) in [5.74, 6) is 2.72. The van der Waals surface area contributed by atoms with Crippen LogP contribution >= 0.6 is 0 Å². The smallest absolute Gasteiger partial charge is 0.408 e. The molecule has 4 aromatic carbocycles. The molecule has 0 spiro atoms. The highest BCUT2D eigenvalue weighted by molar-refractivity contribution is 5.68. The molecule has 22 heteroatoms. The third-order valence-corrected chi connectivity index (χ3v) is 17.0. The fourth-order valence-corrected chi connectivity index (χ4v) is 12.1. The fourth-order valence-electron chi connectivity index (χ4n) is 12.1. The number of amides is 1. The molecule has 6 heterocycles. The number of carbonyl (C=O) groups is 1. The van der Waals surface area contributed by atoms with Gasteiger partial charge in [0.2, 0.25) is 11.9 Å². The van der Waals surface area contributed by atoms with Crippen molar-refractivity contribution in [2.75, 3.05) is 99.2 Å². The molecule has 0 unspecified atom stereocenters. The zero-order valence-corrected chi connectivity index (χ0v) is 48.7. The van der Waals surface area contributed by atoms with Crippen molar-refractivity contribution in [3.05, 3.63) is 109 Å². The van der Waals surface area contributed by atoms with Crippen LogP contribution in [0.2, 0.25) is 0 Å². The van der Waals surface area contributed by atoms with E-state index >= 15 is 0 Å². The van der Waals surface area contributed by atoms with Crippen LogP contribution in [0.3, 0.4) is 0 Å². The Morgan fingerprint density at radius 1 is 0.612 bits per heavy atom. The van der Waals surface area contributed by atoms with Crippen LogP contribution in [0.25, 0.3) is 22.8 Å². The highest BCUT2D eigenvalue weighted by Crippen LogP contribution is 2.35. The number of anilines is 6. The van der Waals surface area contributed by atoms with Gasteiger partial charge in [-0.3, -0.25) is 14.7 Å². The molecule has 0 bridgehead atoms. The molecule has 6 fully saturated rings. The molecule has 6 aliphatic rings. The summed E-state index contributed by atoms with van der Waals surface area (Å²) in [6, 6.07) is 32.7. The summed E-state index contributed by atoms with van der Waals surface area (Å²) in [5.41, 5.74) is 12.0. The molecule has 2 saturated carbocycles. The first-order valence-corrected chi connectivity index (χ1v) is 29.8. The minimum Gasteiger partial charge on any atom is -0.487 e. The fraction of sp³-hybridized carbons (Fsp3) is 0.476. The lowest BCUT2D eigenvalue weighted by atomic mass is 9.88. The van der Waals surface area contributed by atoms with E-state index < -0.39 is 11.6 Å². The summed E-state index contributed by atoms with van der Waals surface area (Å²) in [5, 5.41) is 36.3. The molecule has 4 aliphatic heterocycles. The van der Waals surface area contributed by atoms with Gasteiger partial charge in [0.1, 0.15) is 48.5 Å². The van der Waals surface area contributed by atoms with Crippen molar-refractivity contribution >= 4 is 40.7 Å². The molecule has 85 heavy (non-hydrogen) atoms. The Labute approximate surface area is 496 Å². The van der Waals surface area contributed by atoms with E-state index in [1.807, 2.05) is 63.2 Å². The highest BCUT2D eigenvalue weighted by atomic mass is 16.5. The molecular formula is C63H76N16O6. The van der Waals surface area contributed by atoms with Crippen molar-refractivity contribution in [1.82, 2.24) is 44.6 Å². The summed E-state index contributed by atoms with van der Waals surface area (Å²) < 4.78 is 23.2. The maximum absolute atomic E-state index is 12.2. The van der Waals surface area contributed by atoms with Gasteiger partial charge in [-0.1, -0.05) is 12.8 Å². The number of piperazine rings is 2. The number of hydrogen-bond donors (Lipinski definition) is 4. The van der Waals surface area contributed by atoms with Crippen molar-refractivity contribution in [3.63, 3.8) is 0 Å². The van der Waals surface area contributed by atoms with Crippen molar-refractivity contribution in [2.24, 2.45) is 5.73 Å². The lowest BCUT2D eigenvalue weighted by Crippen LogP contribution is -2.57. The summed E-state index contributed by atoms with van der Waals surface area (Å²) in [4.78, 5) is 50.1. The van der Waals surface area contributed by atoms with Gasteiger partial charge in [0.15, 0.2) is 11.6 Å². The molecule has 2 aliphatic carbocycles. The normalized spacial score (nSPS) is 21.4. The maximum Gasteiger partial charge on any atom is 0.408 e. The topological polar surface area (TPSA) is 265 Å². The summed E-state index contributed by atoms with van der Waals surface area (Å²) in [7, 11) is 0. The molecule has 5 N–H and O–H groups in total. The van der Waals surface area contributed by atoms with Crippen molar-refractivity contribution in [1.29, 1.82) is 10.5 Å². The quantitative estimate of drug-likeness (QED) is 0.0751. The van der Waals surface area contributed by atoms with Crippen LogP contribution in [-0.2, 0) is 9.47 Å². The second kappa shape index (κ2) is 26.8. The zero-order valence-electron chi connectivity index (χ0n) is 48.7. The van der Waals surface area contributed by atoms with Gasteiger partial charge in [-0.25, -0.2) is 24.7 Å². The minimum atomic E-state index is -0.965. The standard InChI is InChI=1S/C34H42N8O4.C29H34N8O2/c1-34(2,3)42(33(43)44)28-6-4-5-7-30(28)46-29-13-8-23(18-24(29)19-35)31-36-22-37-32(39-31)38-25-9-11-26(12-10-25)40-14-16-41(17-15-40)27-20-45-21-27;30-16-21-15-20(5-10-26(21)39-27-4-2-1-3-25(27)31)28-32-19-33-29(35-28)34-22-6-8-23(9-7-22)36-11-13-37(14-12-36)24-17-38-18-24/h8-13,18,22,27-28,30H,4-7,14-17,20-21H2,1-3H3,(H,43,44)(H,36,37,38,39);5-10,15,19,24-25,27H,1-4,11-14,17-18,31H2,(H,32,33,34,35)/t28-,30+;25-,27+/m11/s1. The largest absolute Gasteiger partial charge is 0.487 e. The Bertz CT molecular complexity index is 3310. The number of aromatic nitrogens is 6. The van der Waals surface area contributed by atoms with Gasteiger partial charge in [-0.05, 0) is 144 Å². The third kappa shape index (κ3) is 14.3. The highest BCUT2D eigenvalue weighted by Gasteiger charge is 2.41. The lowest BCUT2D eigenvalue weighted by molar-refractivity contribution is -0.0660. The first kappa shape index (κ1) is 58.5. The summed E-state index contributed by atoms with van der Waals surface area (Å²) >= 11 is 0. The molecule has 22 nitrogen and oxygen atoms in total. The number of hydrogen-bond acceptors (Lipinski definition) is 20. The van der Waals surface area contributed by atoms with E-state index in [2.05, 4.69) is 96.5 Å². The second-order valence-electron chi connectivity index (χ2n) is 23.6. The van der Waals surface area contributed by atoms with Crippen molar-refractivity contribution in [3.8, 4) is 46.4 Å². The van der Waals surface area contributed by atoms with E-state index in [0.29, 0.717) is 76.7 Å². The summed E-state index contributed by atoms with van der Waals surface area (Å²) in [6.07, 6.45) is 8.91. The van der Waals surface area contributed by atoms with Gasteiger partial charge in [0, 0.05) is 97.8 Å². The molecule has 4 saturated heterocycles. The second-order valence-corrected chi connectivity index (χ2v) is 23.6. The maximum atomic E-state index is 12.2. The number of nitrogens with two attached hydrogens (primary N) is 1. The first-order valence-electron chi connectivity index (χ1n) is 29.8. The van der Waals surface area contributed by atoms with E-state index in [1.165, 1.54) is 28.9 Å². The number of nitrogens with one attached hydrogen (secondary N) is 2. The van der Waals surface area contributed by atoms with E-state index in [0.717, 1.165) is 134 Å². The number of carboxylic acid groups (broad SMARTS) is 1. The van der Waals surface area contributed by atoms with Crippen molar-refractivity contribution < 1.29 is 28.8 Å². The Kier molecular flexibility index (Phi) is 18.4. The average Bonchev–Trinajstić information content (AvgIpc) is 3.64. The number of rotatable bonds is 15. The van der Waals surface area contributed by atoms with Crippen LogP contribution in [0.15, 0.2) is 97.6 Å². The Morgan fingerprint density at radius 2 is 1.05 bits per heavy atom. The molecule has 4 atom stereocenters. The van der Waals surface area contributed by atoms with Gasteiger partial charge in [-0.15, -0.1) is 0 Å². The van der Waals surface area contributed by atoms with E-state index in [1.54, 1.807) is 18.2 Å². The molecule has 2 aromatic heterocycles. The van der Waals surface area contributed by atoms with Crippen LogP contribution in [0, 0.1) is 22.7 Å². The van der Waals surface area contributed by atoms with Crippen molar-refractivity contribution in [2.45, 2.75) is 114 Å². The van der Waals surface area contributed by atoms with E-state index in [-0.39, 0.29) is 24.3 Å². The Hall–Kier alpha value is -8.25. The average molecular weight is 1150 g/mol. The number of nitrogens with zero attached hydrogens (tertiary/aromatic N) is 13. The van der Waals surface area contributed by atoms with Gasteiger partial charge < -0.3 is 50.2 Å². The molecule has 1 amide bonds. The number of nitriles is 2. The first-order chi connectivity index (χ1) is 41.3. The third-order valence-electron chi connectivity index (χ3n) is 17.0. The number of benzene rings is 4. The van der Waals surface area contributed by atoms with Crippen LogP contribution < -0.4 is 35.6 Å². The van der Waals surface area contributed by atoms with Gasteiger partial charge in [-0.2, -0.15) is 20.5 Å². The van der Waals surface area contributed by atoms with Crippen LogP contribution in [0.4, 0.5) is 39.4 Å². The van der Waals surface area contributed by atoms with Gasteiger partial charge in [0.05, 0.1) is 55.7 Å². The SMILES string of the molecule is CC(C)(C)N(C(=O)O)[C@@H]1CCCC[C@@H]1Oc1ccc(-c2ncnc(Nc3ccc(N4CCN(C5COC5)CC4)cc3)n2)cc1C#N.N#Cc1cc(-c2ncnc(Nc3ccc(N4CCN(C5COC5)CC4)cc3)n2)ccc1O[C@H]1CCCC[C@H]1N. The predicted molar refractivity (Wildman–Crippen MR) is 323 cm³/mol. The molecule has 0 radical (unpaired) electrons. The van der Waals surface area contributed by atoms with Gasteiger partial charge >= 0.3 is 6.09 Å². The zero-order chi connectivity index (χ0) is 58.9. The molecule has 12 rings (SSSR count).